The summed E-state index contributed by atoms with van der Waals surface area (Å²) in [6.45, 7) is 1.97. The molecule has 0 aromatic heterocycles. The summed E-state index contributed by atoms with van der Waals surface area (Å²) in [5.41, 5.74) is 7.43. The molecule has 18 heavy (non-hydrogen) atoms. The molecule has 0 fully saturated rings. The van der Waals surface area contributed by atoms with E-state index in [1.165, 1.54) is 0 Å². The van der Waals surface area contributed by atoms with Crippen molar-refractivity contribution in [3.05, 3.63) is 58.1 Å². The maximum Gasteiger partial charge on any atom is 0.121 e. The quantitative estimate of drug-likeness (QED) is 0.827. The van der Waals surface area contributed by atoms with Crippen LogP contribution in [0.5, 0.6) is 5.75 Å². The van der Waals surface area contributed by atoms with E-state index in [-0.39, 0.29) is 6.10 Å². The van der Waals surface area contributed by atoms with Crippen molar-refractivity contribution < 1.29 is 4.74 Å². The molecular weight excluding hydrogens is 269 g/mol. The fraction of sp³-hybridized carbons (Fsp3) is 0.143. The van der Waals surface area contributed by atoms with Crippen molar-refractivity contribution in [3.8, 4) is 5.75 Å². The monoisotopic (exact) mass is 281 g/mol. The second-order valence-electron chi connectivity index (χ2n) is 4.00. The molecule has 2 nitrogen and oxygen atoms in total. The molecule has 2 aromatic carbocycles. The van der Waals surface area contributed by atoms with Crippen LogP contribution in [0.25, 0.3) is 0 Å². The summed E-state index contributed by atoms with van der Waals surface area (Å²) in [7, 11) is 0. The lowest BCUT2D eigenvalue weighted by atomic mass is 10.1. The van der Waals surface area contributed by atoms with Crippen LogP contribution in [0, 0.1) is 0 Å². The molecule has 0 saturated heterocycles. The normalized spacial score (nSPS) is 12.2. The highest BCUT2D eigenvalue weighted by Gasteiger charge is 2.08. The maximum absolute atomic E-state index is 5.94. The molecule has 0 spiro atoms. The highest BCUT2D eigenvalue weighted by Crippen LogP contribution is 2.29. The highest BCUT2D eigenvalue weighted by atomic mass is 35.5. The zero-order chi connectivity index (χ0) is 13.1. The Balaban J connectivity index is 2.13. The summed E-state index contributed by atoms with van der Waals surface area (Å²) in [5, 5.41) is 1.00. The third-order valence-corrected chi connectivity index (χ3v) is 3.35. The van der Waals surface area contributed by atoms with Crippen LogP contribution in [0.4, 0.5) is 5.69 Å². The fourth-order valence-corrected chi connectivity index (χ4v) is 1.88. The Morgan fingerprint density at radius 3 is 2.28 bits per heavy atom. The van der Waals surface area contributed by atoms with Gasteiger partial charge in [-0.3, -0.25) is 0 Å². The Morgan fingerprint density at radius 2 is 1.67 bits per heavy atom. The van der Waals surface area contributed by atoms with E-state index in [1.807, 2.05) is 31.2 Å². The van der Waals surface area contributed by atoms with E-state index in [9.17, 15) is 0 Å². The third-order valence-electron chi connectivity index (χ3n) is 2.61. The lowest BCUT2D eigenvalue weighted by Gasteiger charge is -2.15. The van der Waals surface area contributed by atoms with Crippen molar-refractivity contribution in [1.82, 2.24) is 0 Å². The van der Waals surface area contributed by atoms with Gasteiger partial charge in [0, 0.05) is 11.8 Å². The predicted octanol–water partition coefficient (Wildman–Crippen LogP) is 4.72. The first-order valence-corrected chi connectivity index (χ1v) is 6.29. The van der Waals surface area contributed by atoms with Gasteiger partial charge in [-0.05, 0) is 36.8 Å². The first-order valence-electron chi connectivity index (χ1n) is 5.53. The number of rotatable bonds is 3. The van der Waals surface area contributed by atoms with E-state index in [4.69, 9.17) is 33.7 Å². The first-order chi connectivity index (χ1) is 8.56. The molecule has 0 amide bonds. The second-order valence-corrected chi connectivity index (χ2v) is 4.82. The molecule has 2 N–H and O–H groups in total. The van der Waals surface area contributed by atoms with Crippen molar-refractivity contribution >= 4 is 28.9 Å². The van der Waals surface area contributed by atoms with Gasteiger partial charge in [0.1, 0.15) is 11.9 Å². The molecule has 4 heteroatoms. The summed E-state index contributed by atoms with van der Waals surface area (Å²) >= 11 is 11.8. The molecule has 0 heterocycles. The van der Waals surface area contributed by atoms with Gasteiger partial charge in [-0.1, -0.05) is 35.3 Å². The summed E-state index contributed by atoms with van der Waals surface area (Å²) < 4.78 is 5.79. The van der Waals surface area contributed by atoms with Crippen LogP contribution < -0.4 is 10.5 Å². The Bertz CT molecular complexity index is 540. The molecule has 0 aliphatic carbocycles. The van der Waals surface area contributed by atoms with Crippen LogP contribution in [0.1, 0.15) is 18.6 Å². The smallest absolute Gasteiger partial charge is 0.121 e. The molecule has 2 aromatic rings. The van der Waals surface area contributed by atoms with Gasteiger partial charge in [-0.25, -0.2) is 0 Å². The summed E-state index contributed by atoms with van der Waals surface area (Å²) in [4.78, 5) is 0. The highest BCUT2D eigenvalue weighted by molar-refractivity contribution is 6.42. The molecule has 0 bridgehead atoms. The first kappa shape index (κ1) is 13.1. The zero-order valence-electron chi connectivity index (χ0n) is 9.86. The molecule has 0 aliphatic heterocycles. The van der Waals surface area contributed by atoms with Crippen molar-refractivity contribution in [2.75, 3.05) is 5.73 Å². The van der Waals surface area contributed by atoms with Crippen molar-refractivity contribution in [1.29, 1.82) is 0 Å². The van der Waals surface area contributed by atoms with Crippen molar-refractivity contribution in [3.63, 3.8) is 0 Å². The summed E-state index contributed by atoms with van der Waals surface area (Å²) in [6.07, 6.45) is -0.0807. The molecule has 0 saturated carbocycles. The number of benzene rings is 2. The lowest BCUT2D eigenvalue weighted by molar-refractivity contribution is 0.227. The van der Waals surface area contributed by atoms with E-state index in [1.54, 1.807) is 18.2 Å². The maximum atomic E-state index is 5.94. The molecular formula is C14H13Cl2NO. The Hall–Kier alpha value is -1.38. The van der Waals surface area contributed by atoms with Gasteiger partial charge in [-0.15, -0.1) is 0 Å². The van der Waals surface area contributed by atoms with Crippen LogP contribution in [0.3, 0.4) is 0 Å². The Morgan fingerprint density at radius 1 is 1.00 bits per heavy atom. The van der Waals surface area contributed by atoms with E-state index in [2.05, 4.69) is 0 Å². The zero-order valence-corrected chi connectivity index (χ0v) is 11.4. The van der Waals surface area contributed by atoms with Gasteiger partial charge < -0.3 is 10.5 Å². The number of ether oxygens (including phenoxy) is 1. The largest absolute Gasteiger partial charge is 0.486 e. The minimum Gasteiger partial charge on any atom is -0.486 e. The average Bonchev–Trinajstić information content (AvgIpc) is 2.34. The number of halogens is 2. The SMILES string of the molecule is CC(Oc1ccc(Cl)c(Cl)c1)c1ccc(N)cc1. The molecule has 0 aliphatic rings. The average molecular weight is 282 g/mol. The topological polar surface area (TPSA) is 35.2 Å². The minimum atomic E-state index is -0.0807. The number of hydrogen-bond donors (Lipinski definition) is 1. The van der Waals surface area contributed by atoms with E-state index < -0.39 is 0 Å². The third kappa shape index (κ3) is 3.09. The second kappa shape index (κ2) is 5.51. The van der Waals surface area contributed by atoms with Gasteiger partial charge in [0.25, 0.3) is 0 Å². The Kier molecular flexibility index (Phi) is 4.00. The van der Waals surface area contributed by atoms with E-state index >= 15 is 0 Å². The van der Waals surface area contributed by atoms with Gasteiger partial charge in [-0.2, -0.15) is 0 Å². The molecule has 0 radical (unpaired) electrons. The molecule has 2 rings (SSSR count). The Labute approximate surface area is 116 Å². The molecule has 94 valence electrons. The van der Waals surface area contributed by atoms with Crippen molar-refractivity contribution in [2.45, 2.75) is 13.0 Å². The number of nitrogens with two attached hydrogens (primary N) is 1. The van der Waals surface area contributed by atoms with Crippen LogP contribution in [0.2, 0.25) is 10.0 Å². The minimum absolute atomic E-state index is 0.0807. The van der Waals surface area contributed by atoms with Crippen LogP contribution in [0.15, 0.2) is 42.5 Å². The fourth-order valence-electron chi connectivity index (χ4n) is 1.59. The van der Waals surface area contributed by atoms with Gasteiger partial charge in [0.15, 0.2) is 0 Å². The van der Waals surface area contributed by atoms with Gasteiger partial charge >= 0.3 is 0 Å². The van der Waals surface area contributed by atoms with Crippen LogP contribution in [-0.4, -0.2) is 0 Å². The van der Waals surface area contributed by atoms with Crippen molar-refractivity contribution in [2.24, 2.45) is 0 Å². The van der Waals surface area contributed by atoms with Gasteiger partial charge in [0.05, 0.1) is 10.0 Å². The predicted molar refractivity (Wildman–Crippen MR) is 76.4 cm³/mol. The van der Waals surface area contributed by atoms with E-state index in [0.29, 0.717) is 15.8 Å². The lowest BCUT2D eigenvalue weighted by Crippen LogP contribution is -2.03. The van der Waals surface area contributed by atoms with Crippen LogP contribution >= 0.6 is 23.2 Å². The summed E-state index contributed by atoms with van der Waals surface area (Å²) in [6, 6.07) is 12.8. The standard InChI is InChI=1S/C14H13Cl2NO/c1-9(10-2-4-11(17)5-3-10)18-12-6-7-13(15)14(16)8-12/h2-9H,17H2,1H3. The number of anilines is 1. The number of nitrogen functional groups attached to an aromatic ring is 1. The molecule has 1 atom stereocenters. The van der Waals surface area contributed by atoms with Gasteiger partial charge in [0.2, 0.25) is 0 Å². The molecule has 1 unspecified atom stereocenters. The summed E-state index contributed by atoms with van der Waals surface area (Å²) in [5.74, 6) is 0.689. The van der Waals surface area contributed by atoms with Crippen LogP contribution in [-0.2, 0) is 0 Å². The number of hydrogen-bond acceptors (Lipinski definition) is 2. The van der Waals surface area contributed by atoms with E-state index in [0.717, 1.165) is 11.3 Å².